The lowest BCUT2D eigenvalue weighted by atomic mass is 9.94. The first-order valence-corrected chi connectivity index (χ1v) is 13.3. The van der Waals surface area contributed by atoms with Crippen LogP contribution in [0.25, 0.3) is 34.0 Å². The van der Waals surface area contributed by atoms with Crippen LogP contribution in [0.4, 0.5) is 0 Å². The molecule has 0 saturated carbocycles. The summed E-state index contributed by atoms with van der Waals surface area (Å²) < 4.78 is 16.5. The summed E-state index contributed by atoms with van der Waals surface area (Å²) in [5.74, 6) is 0.783. The van der Waals surface area contributed by atoms with E-state index in [-0.39, 0.29) is 5.97 Å². The molecule has 7 nitrogen and oxygen atoms in total. The Morgan fingerprint density at radius 2 is 1.74 bits per heavy atom. The Hall–Kier alpha value is -3.84. The van der Waals surface area contributed by atoms with Gasteiger partial charge in [0.15, 0.2) is 0 Å². The number of carbonyl (C=O) groups excluding carboxylic acids is 1. The van der Waals surface area contributed by atoms with Crippen LogP contribution >= 0.6 is 0 Å². The summed E-state index contributed by atoms with van der Waals surface area (Å²) >= 11 is 0. The average molecular weight is 528 g/mol. The molecular formula is C32H37N3O4. The van der Waals surface area contributed by atoms with Crippen molar-refractivity contribution in [3.8, 4) is 34.0 Å². The van der Waals surface area contributed by atoms with Crippen LogP contribution in [0.15, 0.2) is 59.3 Å². The zero-order valence-electron chi connectivity index (χ0n) is 23.7. The smallest absolute Gasteiger partial charge is 0.306 e. The van der Waals surface area contributed by atoms with E-state index >= 15 is 0 Å². The number of carbonyl (C=O) groups is 1. The van der Waals surface area contributed by atoms with E-state index in [0.717, 1.165) is 52.8 Å². The predicted molar refractivity (Wildman–Crippen MR) is 152 cm³/mol. The molecule has 0 aliphatic heterocycles. The molecule has 0 unspecified atom stereocenters. The van der Waals surface area contributed by atoms with E-state index in [2.05, 4.69) is 40.2 Å². The SMILES string of the molecule is COCc1cc(-c2nc(-c3cnc(CCCCC(=O)OC(C)(C)C)c(C)c3)no2)ccc1-c1ccccc1C. The molecule has 0 aliphatic carbocycles. The van der Waals surface area contributed by atoms with E-state index in [1.807, 2.05) is 58.0 Å². The van der Waals surface area contributed by atoms with Crippen molar-refractivity contribution in [2.45, 2.75) is 72.5 Å². The van der Waals surface area contributed by atoms with Gasteiger partial charge in [-0.05, 0) is 99.9 Å². The third-order valence-electron chi connectivity index (χ3n) is 6.42. The van der Waals surface area contributed by atoms with Gasteiger partial charge in [-0.1, -0.05) is 35.5 Å². The van der Waals surface area contributed by atoms with Gasteiger partial charge < -0.3 is 14.0 Å². The Labute approximate surface area is 230 Å². The topological polar surface area (TPSA) is 87.3 Å². The first kappa shape index (κ1) is 28.2. The molecule has 2 heterocycles. The van der Waals surface area contributed by atoms with Gasteiger partial charge in [0.25, 0.3) is 5.89 Å². The molecule has 0 aliphatic rings. The van der Waals surface area contributed by atoms with E-state index < -0.39 is 5.60 Å². The monoisotopic (exact) mass is 527 g/mol. The number of pyridine rings is 1. The normalized spacial score (nSPS) is 11.5. The van der Waals surface area contributed by atoms with E-state index in [4.69, 9.17) is 14.0 Å². The second-order valence-corrected chi connectivity index (χ2v) is 10.8. The van der Waals surface area contributed by atoms with Crippen molar-refractivity contribution in [2.24, 2.45) is 0 Å². The quantitative estimate of drug-likeness (QED) is 0.158. The largest absolute Gasteiger partial charge is 0.460 e. The lowest BCUT2D eigenvalue weighted by molar-refractivity contribution is -0.154. The van der Waals surface area contributed by atoms with Crippen LogP contribution in [0, 0.1) is 13.8 Å². The number of aromatic nitrogens is 3. The second kappa shape index (κ2) is 12.3. The molecule has 0 bridgehead atoms. The van der Waals surface area contributed by atoms with E-state index in [9.17, 15) is 4.79 Å². The molecule has 2 aromatic carbocycles. The van der Waals surface area contributed by atoms with Gasteiger partial charge in [-0.15, -0.1) is 0 Å². The van der Waals surface area contributed by atoms with E-state index in [1.165, 1.54) is 11.1 Å². The fourth-order valence-electron chi connectivity index (χ4n) is 4.54. The molecule has 0 atom stereocenters. The van der Waals surface area contributed by atoms with Gasteiger partial charge >= 0.3 is 5.97 Å². The van der Waals surface area contributed by atoms with Crippen molar-refractivity contribution < 1.29 is 18.8 Å². The van der Waals surface area contributed by atoms with Crippen LogP contribution in [0.2, 0.25) is 0 Å². The van der Waals surface area contributed by atoms with Crippen molar-refractivity contribution >= 4 is 5.97 Å². The highest BCUT2D eigenvalue weighted by molar-refractivity contribution is 5.74. The number of hydrogen-bond acceptors (Lipinski definition) is 7. The zero-order valence-corrected chi connectivity index (χ0v) is 23.7. The number of methoxy groups -OCH3 is 1. The third-order valence-corrected chi connectivity index (χ3v) is 6.42. The van der Waals surface area contributed by atoms with Crippen LogP contribution < -0.4 is 0 Å². The van der Waals surface area contributed by atoms with Crippen molar-refractivity contribution in [3.63, 3.8) is 0 Å². The maximum absolute atomic E-state index is 11.9. The molecular weight excluding hydrogens is 490 g/mol. The number of aryl methyl sites for hydroxylation is 3. The first-order chi connectivity index (χ1) is 18.6. The summed E-state index contributed by atoms with van der Waals surface area (Å²) in [4.78, 5) is 21.2. The standard InChI is InChI=1S/C32H37N3O4/c1-21-11-7-8-12-26(21)27-16-15-23(18-25(27)20-37-6)31-34-30(35-39-31)24-17-22(2)28(33-19-24)13-9-10-14-29(36)38-32(3,4)5/h7-8,11-12,15-19H,9-10,13-14,20H2,1-6H3. The predicted octanol–water partition coefficient (Wildman–Crippen LogP) is 7.28. The fraction of sp³-hybridized carbons (Fsp3) is 0.375. The van der Waals surface area contributed by atoms with Crippen molar-refractivity contribution in [3.05, 3.63) is 77.1 Å². The Kier molecular flexibility index (Phi) is 8.92. The lowest BCUT2D eigenvalue weighted by Crippen LogP contribution is -2.23. The summed E-state index contributed by atoms with van der Waals surface area (Å²) in [6, 6.07) is 16.5. The fourth-order valence-corrected chi connectivity index (χ4v) is 4.54. The van der Waals surface area contributed by atoms with Gasteiger partial charge in [-0.3, -0.25) is 9.78 Å². The lowest BCUT2D eigenvalue weighted by Gasteiger charge is -2.19. The number of hydrogen-bond donors (Lipinski definition) is 0. The van der Waals surface area contributed by atoms with Gasteiger partial charge in [-0.2, -0.15) is 4.98 Å². The van der Waals surface area contributed by atoms with Crippen LogP contribution in [0.3, 0.4) is 0 Å². The molecule has 2 aromatic heterocycles. The Balaban J connectivity index is 1.45. The zero-order chi connectivity index (χ0) is 28.0. The van der Waals surface area contributed by atoms with Gasteiger partial charge in [0.05, 0.1) is 6.61 Å². The minimum atomic E-state index is -0.447. The highest BCUT2D eigenvalue weighted by atomic mass is 16.6. The van der Waals surface area contributed by atoms with Crippen LogP contribution in [-0.4, -0.2) is 33.8 Å². The molecule has 0 saturated heterocycles. The van der Waals surface area contributed by atoms with Crippen molar-refractivity contribution in [2.75, 3.05) is 7.11 Å². The molecule has 7 heteroatoms. The van der Waals surface area contributed by atoms with Crippen LogP contribution in [0.5, 0.6) is 0 Å². The summed E-state index contributed by atoms with van der Waals surface area (Å²) in [7, 11) is 1.69. The molecule has 39 heavy (non-hydrogen) atoms. The van der Waals surface area contributed by atoms with Gasteiger partial charge in [-0.25, -0.2) is 0 Å². The van der Waals surface area contributed by atoms with Crippen LogP contribution in [-0.2, 0) is 27.3 Å². The number of nitrogens with zero attached hydrogens (tertiary/aromatic N) is 3. The number of ether oxygens (including phenoxy) is 2. The van der Waals surface area contributed by atoms with Gasteiger partial charge in [0.2, 0.25) is 5.82 Å². The first-order valence-electron chi connectivity index (χ1n) is 13.3. The number of esters is 1. The molecule has 4 rings (SSSR count). The Bertz CT molecular complexity index is 1440. The number of unbranched alkanes of at least 4 members (excludes halogenated alkanes) is 1. The molecule has 0 N–H and O–H groups in total. The molecule has 0 radical (unpaired) electrons. The average Bonchev–Trinajstić information content (AvgIpc) is 3.37. The summed E-state index contributed by atoms with van der Waals surface area (Å²) in [6.45, 7) is 10.3. The maximum atomic E-state index is 11.9. The molecule has 4 aromatic rings. The maximum Gasteiger partial charge on any atom is 0.306 e. The number of rotatable bonds is 10. The van der Waals surface area contributed by atoms with Gasteiger partial charge in [0, 0.05) is 36.5 Å². The summed E-state index contributed by atoms with van der Waals surface area (Å²) in [6.07, 6.45) is 4.61. The minimum Gasteiger partial charge on any atom is -0.460 e. The molecule has 204 valence electrons. The van der Waals surface area contributed by atoms with Gasteiger partial charge in [0.1, 0.15) is 5.60 Å². The minimum absolute atomic E-state index is 0.158. The highest BCUT2D eigenvalue weighted by Crippen LogP contribution is 2.32. The summed E-state index contributed by atoms with van der Waals surface area (Å²) in [5, 5.41) is 4.22. The Morgan fingerprint density at radius 3 is 2.46 bits per heavy atom. The van der Waals surface area contributed by atoms with Crippen molar-refractivity contribution in [1.29, 1.82) is 0 Å². The molecule has 0 spiro atoms. The van der Waals surface area contributed by atoms with Crippen molar-refractivity contribution in [1.82, 2.24) is 15.1 Å². The Morgan fingerprint density at radius 1 is 0.949 bits per heavy atom. The van der Waals surface area contributed by atoms with E-state index in [0.29, 0.717) is 24.7 Å². The molecule has 0 amide bonds. The highest BCUT2D eigenvalue weighted by Gasteiger charge is 2.17. The van der Waals surface area contributed by atoms with Crippen LogP contribution in [0.1, 0.15) is 62.4 Å². The van der Waals surface area contributed by atoms with E-state index in [1.54, 1.807) is 13.3 Å². The third kappa shape index (κ3) is 7.39. The number of benzene rings is 2. The molecule has 0 fully saturated rings. The summed E-state index contributed by atoms with van der Waals surface area (Å²) in [5.41, 5.74) is 7.81. The second-order valence-electron chi connectivity index (χ2n) is 10.8.